The molecule has 0 aromatic carbocycles. The van der Waals surface area contributed by atoms with E-state index in [-0.39, 0.29) is 35.6 Å². The van der Waals surface area contributed by atoms with Crippen LogP contribution in [0.2, 0.25) is 0 Å². The molecule has 2 aliphatic rings. The first-order valence-corrected chi connectivity index (χ1v) is 6.14. The molecule has 106 valence electrons. The second-order valence-electron chi connectivity index (χ2n) is 4.82. The molecule has 0 N–H and O–H groups in total. The number of rotatable bonds is 2. The fraction of sp³-hybridized carbons (Fsp3) is 0.500. The van der Waals surface area contributed by atoms with Crippen LogP contribution >= 0.6 is 0 Å². The van der Waals surface area contributed by atoms with Crippen molar-refractivity contribution in [2.45, 2.75) is 40.5 Å². The standard InChI is InChI=1S/2C8H11.2FH.Zr/c2*1-7(2)8-5-3-4-6-8;;;/h2*5-7H,3H2,1-2H3;2*1H;/q2*-1;;;+2/p-2. The third-order valence-corrected chi connectivity index (χ3v) is 2.78. The molecule has 0 bridgehead atoms. The first kappa shape index (κ1) is 23.8. The van der Waals surface area contributed by atoms with E-state index < -0.39 is 0 Å². The molecule has 0 amide bonds. The summed E-state index contributed by atoms with van der Waals surface area (Å²) < 4.78 is 0. The van der Waals surface area contributed by atoms with Gasteiger partial charge in [0.2, 0.25) is 0 Å². The van der Waals surface area contributed by atoms with Gasteiger partial charge in [-0.05, 0) is 0 Å². The SMILES string of the molecule is CC(C)C1=CC[C-]=C1.CC(C)C1=CC[C-]=C1.[F-].[F-].[Zr+2]. The summed E-state index contributed by atoms with van der Waals surface area (Å²) in [6, 6.07) is 0. The predicted octanol–water partition coefficient (Wildman–Crippen LogP) is -1.33. The van der Waals surface area contributed by atoms with Crippen LogP contribution in [0.25, 0.3) is 0 Å². The normalized spacial score (nSPS) is 14.8. The smallest absolute Gasteiger partial charge is 1.00 e. The van der Waals surface area contributed by atoms with Crippen LogP contribution < -0.4 is 9.41 Å². The summed E-state index contributed by atoms with van der Waals surface area (Å²) in [6.07, 6.45) is 16.9. The third-order valence-electron chi connectivity index (χ3n) is 2.78. The zero-order chi connectivity index (χ0) is 12.0. The van der Waals surface area contributed by atoms with Gasteiger partial charge in [0.05, 0.1) is 0 Å². The van der Waals surface area contributed by atoms with Gasteiger partial charge < -0.3 is 9.41 Å². The van der Waals surface area contributed by atoms with Crippen molar-refractivity contribution in [2.24, 2.45) is 11.8 Å². The number of hydrogen-bond acceptors (Lipinski definition) is 0. The van der Waals surface area contributed by atoms with Gasteiger partial charge in [-0.25, -0.2) is 12.2 Å². The van der Waals surface area contributed by atoms with E-state index in [2.05, 4.69) is 64.2 Å². The Labute approximate surface area is 135 Å². The van der Waals surface area contributed by atoms with Crippen LogP contribution in [-0.2, 0) is 26.2 Å². The number of halogens is 2. The van der Waals surface area contributed by atoms with Gasteiger partial charge in [0, 0.05) is 0 Å². The molecule has 0 atom stereocenters. The number of allylic oxidation sites excluding steroid dienone is 8. The van der Waals surface area contributed by atoms with E-state index in [1.165, 1.54) is 11.1 Å². The Balaban J connectivity index is -0.000000233. The van der Waals surface area contributed by atoms with Crippen molar-refractivity contribution in [3.8, 4) is 0 Å². The largest absolute Gasteiger partial charge is 2.00 e. The van der Waals surface area contributed by atoms with Gasteiger partial charge in [0.15, 0.2) is 0 Å². The maximum absolute atomic E-state index is 3.14. The maximum atomic E-state index is 3.14. The van der Waals surface area contributed by atoms with Crippen LogP contribution in [0.1, 0.15) is 40.5 Å². The van der Waals surface area contributed by atoms with E-state index in [1.54, 1.807) is 0 Å². The van der Waals surface area contributed by atoms with Gasteiger partial charge in [0.1, 0.15) is 0 Å². The molecule has 0 heterocycles. The summed E-state index contributed by atoms with van der Waals surface area (Å²) in [5.74, 6) is 1.37. The molecule has 19 heavy (non-hydrogen) atoms. The van der Waals surface area contributed by atoms with Gasteiger partial charge in [0.25, 0.3) is 0 Å². The fourth-order valence-electron chi connectivity index (χ4n) is 1.63. The zero-order valence-corrected chi connectivity index (χ0v) is 14.6. The van der Waals surface area contributed by atoms with Crippen LogP contribution in [0.15, 0.2) is 35.5 Å². The Morgan fingerprint density at radius 2 is 1.11 bits per heavy atom. The van der Waals surface area contributed by atoms with Crippen molar-refractivity contribution < 1.29 is 35.6 Å². The molecule has 2 rings (SSSR count). The zero-order valence-electron chi connectivity index (χ0n) is 12.1. The summed E-state index contributed by atoms with van der Waals surface area (Å²) in [7, 11) is 0. The number of hydrogen-bond donors (Lipinski definition) is 0. The second kappa shape index (κ2) is 12.7. The molecule has 0 aromatic heterocycles. The van der Waals surface area contributed by atoms with Gasteiger partial charge in [-0.3, -0.25) is 12.2 Å². The molecule has 0 unspecified atom stereocenters. The summed E-state index contributed by atoms with van der Waals surface area (Å²) in [5.41, 5.74) is 2.87. The van der Waals surface area contributed by atoms with Crippen molar-refractivity contribution in [3.63, 3.8) is 0 Å². The average molecular weight is 344 g/mol. The molecule has 0 aliphatic heterocycles. The molecular weight excluding hydrogens is 321 g/mol. The Morgan fingerprint density at radius 3 is 1.21 bits per heavy atom. The molecule has 2 aliphatic carbocycles. The van der Waals surface area contributed by atoms with Gasteiger partial charge in [-0.15, -0.1) is 12.8 Å². The Morgan fingerprint density at radius 1 is 0.789 bits per heavy atom. The van der Waals surface area contributed by atoms with Gasteiger partial charge >= 0.3 is 26.2 Å². The average Bonchev–Trinajstić information content (AvgIpc) is 2.93. The quantitative estimate of drug-likeness (QED) is 0.545. The fourth-order valence-corrected chi connectivity index (χ4v) is 1.63. The summed E-state index contributed by atoms with van der Waals surface area (Å²) in [5, 5.41) is 0. The van der Waals surface area contributed by atoms with Gasteiger partial charge in [-0.1, -0.05) is 39.5 Å². The van der Waals surface area contributed by atoms with E-state index in [1.807, 2.05) is 0 Å². The van der Waals surface area contributed by atoms with E-state index in [0.29, 0.717) is 11.8 Å². The molecule has 0 radical (unpaired) electrons. The molecular formula is C16H22F2Zr-2. The monoisotopic (exact) mass is 342 g/mol. The van der Waals surface area contributed by atoms with Crippen LogP contribution in [0, 0.1) is 24.0 Å². The summed E-state index contributed by atoms with van der Waals surface area (Å²) in [6.45, 7) is 8.81. The van der Waals surface area contributed by atoms with E-state index in [0.717, 1.165) is 12.8 Å². The van der Waals surface area contributed by atoms with Crippen LogP contribution in [0.5, 0.6) is 0 Å². The van der Waals surface area contributed by atoms with Crippen molar-refractivity contribution in [1.82, 2.24) is 0 Å². The molecule has 0 saturated carbocycles. The third kappa shape index (κ3) is 9.27. The first-order valence-electron chi connectivity index (χ1n) is 6.14. The minimum Gasteiger partial charge on any atom is -1.00 e. The van der Waals surface area contributed by atoms with Crippen molar-refractivity contribution in [2.75, 3.05) is 0 Å². The topological polar surface area (TPSA) is 0 Å². The summed E-state index contributed by atoms with van der Waals surface area (Å²) >= 11 is 0. The summed E-state index contributed by atoms with van der Waals surface area (Å²) in [4.78, 5) is 0. The maximum Gasteiger partial charge on any atom is 2.00 e. The molecule has 0 saturated heterocycles. The minimum absolute atomic E-state index is 0. The Kier molecular flexibility index (Phi) is 15.9. The van der Waals surface area contributed by atoms with Crippen molar-refractivity contribution in [1.29, 1.82) is 0 Å². The van der Waals surface area contributed by atoms with Crippen LogP contribution in [-0.4, -0.2) is 0 Å². The first-order chi connectivity index (χ1) is 7.61. The molecule has 0 fully saturated rings. The van der Waals surface area contributed by atoms with Crippen LogP contribution in [0.4, 0.5) is 0 Å². The minimum atomic E-state index is 0. The second-order valence-corrected chi connectivity index (χ2v) is 4.82. The molecule has 0 spiro atoms. The molecule has 0 aromatic rings. The predicted molar refractivity (Wildman–Crippen MR) is 70.7 cm³/mol. The molecule has 3 heteroatoms. The van der Waals surface area contributed by atoms with Crippen molar-refractivity contribution >= 4 is 0 Å². The van der Waals surface area contributed by atoms with E-state index >= 15 is 0 Å². The van der Waals surface area contributed by atoms with E-state index in [4.69, 9.17) is 0 Å². The Hall–Kier alpha value is -0.297. The molecule has 0 nitrogen and oxygen atoms in total. The Bertz CT molecular complexity index is 303. The van der Waals surface area contributed by atoms with Gasteiger partial charge in [-0.2, -0.15) is 23.3 Å². The van der Waals surface area contributed by atoms with Crippen LogP contribution in [0.3, 0.4) is 0 Å². The van der Waals surface area contributed by atoms with Crippen molar-refractivity contribution in [3.05, 3.63) is 47.6 Å². The van der Waals surface area contributed by atoms with E-state index in [9.17, 15) is 0 Å².